The number of aromatic nitrogens is 2. The summed E-state index contributed by atoms with van der Waals surface area (Å²) < 4.78 is 86.1. The molecule has 0 saturated carbocycles. The van der Waals surface area contributed by atoms with Crippen LogP contribution in [0.15, 0.2) is 65.8 Å². The van der Waals surface area contributed by atoms with Crippen LogP contribution in [0.25, 0.3) is 11.3 Å². The number of rotatable bonds is 6. The summed E-state index contributed by atoms with van der Waals surface area (Å²) in [5, 5.41) is 2.73. The predicted molar refractivity (Wildman–Crippen MR) is 131 cm³/mol. The molecule has 2 saturated heterocycles. The number of alkyl halides is 3. The third-order valence-electron chi connectivity index (χ3n) is 7.24. The third kappa shape index (κ3) is 5.13. The number of nitrogens with zero attached hydrogens (tertiary/aromatic N) is 3. The van der Waals surface area contributed by atoms with Crippen LogP contribution < -0.4 is 5.32 Å². The fourth-order valence-corrected chi connectivity index (χ4v) is 7.12. The van der Waals surface area contributed by atoms with Crippen molar-refractivity contribution >= 4 is 15.9 Å². The van der Waals surface area contributed by atoms with Gasteiger partial charge in [-0.1, -0.05) is 12.1 Å². The molecule has 13 heteroatoms. The maximum absolute atomic E-state index is 13.6. The number of ether oxygens (including phenoxy) is 1. The molecule has 1 N–H and O–H groups in total. The monoisotopic (exact) mass is 564 g/mol. The van der Waals surface area contributed by atoms with Gasteiger partial charge in [0.05, 0.1) is 47.1 Å². The lowest BCUT2D eigenvalue weighted by Crippen LogP contribution is -2.55. The largest absolute Gasteiger partial charge is 0.416 e. The van der Waals surface area contributed by atoms with E-state index < -0.39 is 45.1 Å². The van der Waals surface area contributed by atoms with Gasteiger partial charge in [-0.2, -0.15) is 17.5 Å². The van der Waals surface area contributed by atoms with E-state index >= 15 is 0 Å². The lowest BCUT2D eigenvalue weighted by atomic mass is 9.91. The van der Waals surface area contributed by atoms with E-state index in [1.54, 1.807) is 6.92 Å². The highest BCUT2D eigenvalue weighted by Gasteiger charge is 2.60. The average Bonchev–Trinajstić information content (AvgIpc) is 3.40. The van der Waals surface area contributed by atoms with Crippen molar-refractivity contribution in [3.05, 3.63) is 78.0 Å². The SMILES string of the molecule is CC12COCC1C[C@@H](C(=O)NCc1cc(-c3ccc(C(F)(F)F)cc3)ncn1)N2S(=O)(=O)c1ccc(F)cc1. The third-order valence-corrected chi connectivity index (χ3v) is 9.29. The molecule has 0 bridgehead atoms. The molecule has 2 aliphatic rings. The molecule has 2 aliphatic heterocycles. The van der Waals surface area contributed by atoms with Gasteiger partial charge in [0.15, 0.2) is 0 Å². The molecule has 3 heterocycles. The molecule has 0 spiro atoms. The van der Waals surface area contributed by atoms with E-state index in [9.17, 15) is 30.8 Å². The van der Waals surface area contributed by atoms with Crippen molar-refractivity contribution in [2.45, 2.75) is 42.5 Å². The lowest BCUT2D eigenvalue weighted by Gasteiger charge is -2.35. The van der Waals surface area contributed by atoms with Crippen molar-refractivity contribution in [2.24, 2.45) is 5.92 Å². The quantitative estimate of drug-likeness (QED) is 0.458. The summed E-state index contributed by atoms with van der Waals surface area (Å²) in [6.45, 7) is 2.09. The average molecular weight is 565 g/mol. The fraction of sp³-hybridized carbons (Fsp3) is 0.346. The van der Waals surface area contributed by atoms with Crippen LogP contribution in [0, 0.1) is 11.7 Å². The number of fused-ring (bicyclic) bond motifs is 1. The van der Waals surface area contributed by atoms with Crippen LogP contribution in [0.5, 0.6) is 0 Å². The number of halogens is 4. The second-order valence-corrected chi connectivity index (χ2v) is 11.6. The summed E-state index contributed by atoms with van der Waals surface area (Å²) in [6, 6.07) is 9.43. The summed E-state index contributed by atoms with van der Waals surface area (Å²) in [4.78, 5) is 21.4. The molecule has 1 aromatic heterocycles. The van der Waals surface area contributed by atoms with Crippen LogP contribution in [-0.2, 0) is 32.3 Å². The van der Waals surface area contributed by atoms with Crippen LogP contribution in [0.4, 0.5) is 17.6 Å². The van der Waals surface area contributed by atoms with Crippen LogP contribution in [0.3, 0.4) is 0 Å². The standard InChI is InChI=1S/C26H24F4N4O4S/c1-25-14-38-13-18(25)10-23(34(25)39(36,37)21-8-6-19(27)7-9-21)24(35)31-12-20-11-22(33-15-32-20)16-2-4-17(5-3-16)26(28,29)30/h2-9,11,15,18,23H,10,12-14H2,1H3,(H,31,35)/t18?,23-,25?/m0/s1. The van der Waals surface area contributed by atoms with E-state index in [1.165, 1.54) is 28.8 Å². The first-order chi connectivity index (χ1) is 18.4. The molecular formula is C26H24F4N4O4S. The highest BCUT2D eigenvalue weighted by atomic mass is 32.2. The van der Waals surface area contributed by atoms with E-state index in [-0.39, 0.29) is 30.4 Å². The lowest BCUT2D eigenvalue weighted by molar-refractivity contribution is -0.137. The van der Waals surface area contributed by atoms with Crippen molar-refractivity contribution in [3.8, 4) is 11.3 Å². The zero-order chi connectivity index (χ0) is 28.0. The number of hydrogen-bond donors (Lipinski definition) is 1. The molecule has 2 fully saturated rings. The smallest absolute Gasteiger partial charge is 0.379 e. The van der Waals surface area contributed by atoms with Gasteiger partial charge in [-0.3, -0.25) is 4.79 Å². The molecule has 2 unspecified atom stereocenters. The Labute approximate surface area is 222 Å². The maximum Gasteiger partial charge on any atom is 0.416 e. The Kier molecular flexibility index (Phi) is 6.93. The maximum atomic E-state index is 13.6. The Balaban J connectivity index is 1.35. The summed E-state index contributed by atoms with van der Waals surface area (Å²) in [5.41, 5.74) is -0.559. The Morgan fingerprint density at radius 3 is 2.49 bits per heavy atom. The molecule has 3 aromatic rings. The van der Waals surface area contributed by atoms with Crippen LogP contribution in [0.2, 0.25) is 0 Å². The van der Waals surface area contributed by atoms with Gasteiger partial charge in [0.2, 0.25) is 15.9 Å². The Morgan fingerprint density at radius 2 is 1.82 bits per heavy atom. The van der Waals surface area contributed by atoms with Crippen LogP contribution in [-0.4, -0.2) is 53.4 Å². The minimum absolute atomic E-state index is 0.0617. The summed E-state index contributed by atoms with van der Waals surface area (Å²) >= 11 is 0. The van der Waals surface area contributed by atoms with E-state index in [2.05, 4.69) is 15.3 Å². The molecule has 1 amide bonds. The second-order valence-electron chi connectivity index (χ2n) is 9.76. The van der Waals surface area contributed by atoms with Gasteiger partial charge in [-0.25, -0.2) is 22.8 Å². The first kappa shape index (κ1) is 27.2. The van der Waals surface area contributed by atoms with Gasteiger partial charge in [0.1, 0.15) is 18.2 Å². The predicted octanol–water partition coefficient (Wildman–Crippen LogP) is 3.79. The van der Waals surface area contributed by atoms with Crippen molar-refractivity contribution in [2.75, 3.05) is 13.2 Å². The molecular weight excluding hydrogens is 540 g/mol. The first-order valence-corrected chi connectivity index (χ1v) is 13.5. The van der Waals surface area contributed by atoms with Crippen LogP contribution >= 0.6 is 0 Å². The number of hydrogen-bond acceptors (Lipinski definition) is 6. The molecule has 206 valence electrons. The van der Waals surface area contributed by atoms with Gasteiger partial charge in [0, 0.05) is 11.5 Å². The van der Waals surface area contributed by atoms with Crippen molar-refractivity contribution in [1.29, 1.82) is 0 Å². The number of benzene rings is 2. The Morgan fingerprint density at radius 1 is 1.13 bits per heavy atom. The topological polar surface area (TPSA) is 101 Å². The van der Waals surface area contributed by atoms with Crippen molar-refractivity contribution in [1.82, 2.24) is 19.6 Å². The van der Waals surface area contributed by atoms with E-state index in [4.69, 9.17) is 4.74 Å². The number of carbonyl (C=O) groups excluding carboxylic acids is 1. The van der Waals surface area contributed by atoms with E-state index in [1.807, 2.05) is 0 Å². The Hall–Kier alpha value is -3.42. The minimum Gasteiger partial charge on any atom is -0.379 e. The summed E-state index contributed by atoms with van der Waals surface area (Å²) in [5.74, 6) is -1.33. The molecule has 5 rings (SSSR count). The van der Waals surface area contributed by atoms with Gasteiger partial charge >= 0.3 is 6.18 Å². The zero-order valence-electron chi connectivity index (χ0n) is 20.7. The van der Waals surface area contributed by atoms with Crippen molar-refractivity contribution < 1.29 is 35.5 Å². The molecule has 0 aliphatic carbocycles. The molecule has 3 atom stereocenters. The Bertz CT molecular complexity index is 1480. The first-order valence-electron chi connectivity index (χ1n) is 12.0. The zero-order valence-corrected chi connectivity index (χ0v) is 21.5. The number of nitrogens with one attached hydrogen (secondary N) is 1. The van der Waals surface area contributed by atoms with E-state index in [0.29, 0.717) is 23.6 Å². The fourth-order valence-electron chi connectivity index (χ4n) is 5.15. The van der Waals surface area contributed by atoms with Gasteiger partial charge in [0.25, 0.3) is 0 Å². The van der Waals surface area contributed by atoms with Crippen molar-refractivity contribution in [3.63, 3.8) is 0 Å². The highest BCUT2D eigenvalue weighted by Crippen LogP contribution is 2.46. The van der Waals surface area contributed by atoms with Crippen LogP contribution in [0.1, 0.15) is 24.6 Å². The van der Waals surface area contributed by atoms with Gasteiger partial charge in [-0.05, 0) is 55.8 Å². The minimum atomic E-state index is -4.46. The normalized spacial score (nSPS) is 23.5. The summed E-state index contributed by atoms with van der Waals surface area (Å²) in [6.07, 6.45) is -2.99. The molecule has 2 aromatic carbocycles. The molecule has 8 nitrogen and oxygen atoms in total. The summed E-state index contributed by atoms with van der Waals surface area (Å²) in [7, 11) is -4.18. The molecule has 0 radical (unpaired) electrons. The van der Waals surface area contributed by atoms with Gasteiger partial charge in [-0.15, -0.1) is 0 Å². The number of carbonyl (C=O) groups is 1. The highest BCUT2D eigenvalue weighted by molar-refractivity contribution is 7.89. The number of amides is 1. The number of sulfonamides is 1. The second kappa shape index (κ2) is 9.96. The molecule has 39 heavy (non-hydrogen) atoms. The van der Waals surface area contributed by atoms with E-state index in [0.717, 1.165) is 36.4 Å². The van der Waals surface area contributed by atoms with Gasteiger partial charge < -0.3 is 10.1 Å².